The van der Waals surface area contributed by atoms with Crippen molar-refractivity contribution in [2.24, 2.45) is 7.05 Å². The van der Waals surface area contributed by atoms with E-state index in [-0.39, 0.29) is 5.97 Å². The number of carbonyl (C=O) groups excluding carboxylic acids is 1. The molecule has 242 valence electrons. The molecule has 0 aliphatic carbocycles. The molecule has 5 aromatic rings. The average molecular weight is 622 g/mol. The summed E-state index contributed by atoms with van der Waals surface area (Å²) >= 11 is 0. The molecule has 0 atom stereocenters. The van der Waals surface area contributed by atoms with E-state index in [1.54, 1.807) is 0 Å². The molecule has 1 aliphatic heterocycles. The Hall–Kier alpha value is -4.14. The highest BCUT2D eigenvalue weighted by Gasteiger charge is 2.24. The summed E-state index contributed by atoms with van der Waals surface area (Å²) in [5, 5.41) is 11.9. The molecule has 3 heterocycles. The maximum atomic E-state index is 13.3. The predicted molar refractivity (Wildman–Crippen MR) is 186 cm³/mol. The van der Waals surface area contributed by atoms with Gasteiger partial charge in [-0.15, -0.1) is 0 Å². The maximum Gasteiger partial charge on any atom is 0.355 e. The largest absolute Gasteiger partial charge is 0.493 e. The number of esters is 1. The van der Waals surface area contributed by atoms with Gasteiger partial charge in [0.2, 0.25) is 0 Å². The van der Waals surface area contributed by atoms with Gasteiger partial charge in [0, 0.05) is 54.3 Å². The summed E-state index contributed by atoms with van der Waals surface area (Å²) in [6.45, 7) is 9.97. The van der Waals surface area contributed by atoms with Crippen LogP contribution in [0.1, 0.15) is 67.0 Å². The van der Waals surface area contributed by atoms with Crippen LogP contribution in [0.25, 0.3) is 32.8 Å². The molecule has 2 aromatic heterocycles. The van der Waals surface area contributed by atoms with Crippen molar-refractivity contribution in [1.29, 1.82) is 0 Å². The first-order chi connectivity index (χ1) is 22.6. The first kappa shape index (κ1) is 31.8. The van der Waals surface area contributed by atoms with Crippen molar-refractivity contribution in [3.63, 3.8) is 0 Å². The molecule has 1 saturated heterocycles. The van der Waals surface area contributed by atoms with Crippen LogP contribution in [-0.4, -0.2) is 65.0 Å². The van der Waals surface area contributed by atoms with Gasteiger partial charge in [-0.25, -0.2) is 4.79 Å². The molecule has 6 rings (SSSR count). The zero-order valence-electron chi connectivity index (χ0n) is 27.5. The summed E-state index contributed by atoms with van der Waals surface area (Å²) in [7, 11) is 2.03. The number of likely N-dealkylation sites (tertiary alicyclic amines) is 1. The van der Waals surface area contributed by atoms with Crippen LogP contribution in [0, 0.1) is 0 Å². The second-order valence-electron chi connectivity index (χ2n) is 12.2. The molecule has 0 spiro atoms. The van der Waals surface area contributed by atoms with Crippen molar-refractivity contribution < 1.29 is 14.3 Å². The Balaban J connectivity index is 1.26. The number of carbonyl (C=O) groups is 1. The van der Waals surface area contributed by atoms with Crippen LogP contribution in [0.3, 0.4) is 0 Å². The summed E-state index contributed by atoms with van der Waals surface area (Å²) in [5.74, 6) is 0.557. The third-order valence-corrected chi connectivity index (χ3v) is 9.19. The molecule has 0 bridgehead atoms. The highest BCUT2D eigenvalue weighted by Crippen LogP contribution is 2.36. The van der Waals surface area contributed by atoms with Gasteiger partial charge in [0.25, 0.3) is 0 Å². The first-order valence-electron chi connectivity index (χ1n) is 17.0. The number of hydrogen-bond acceptors (Lipinski definition) is 6. The number of fused-ring (bicyclic) bond motifs is 2. The lowest BCUT2D eigenvalue weighted by Crippen LogP contribution is -2.35. The van der Waals surface area contributed by atoms with E-state index in [0.717, 1.165) is 75.7 Å². The molecule has 1 aliphatic rings. The van der Waals surface area contributed by atoms with E-state index >= 15 is 0 Å². The van der Waals surface area contributed by atoms with Gasteiger partial charge in [-0.05, 0) is 69.1 Å². The summed E-state index contributed by atoms with van der Waals surface area (Å²) in [5.41, 5.74) is 6.87. The molecule has 8 nitrogen and oxygen atoms in total. The minimum atomic E-state index is -0.323. The van der Waals surface area contributed by atoms with Crippen molar-refractivity contribution in [2.75, 3.05) is 39.4 Å². The number of benzene rings is 3. The number of ether oxygens (including phenoxy) is 2. The van der Waals surface area contributed by atoms with Gasteiger partial charge in [0.15, 0.2) is 0 Å². The van der Waals surface area contributed by atoms with Gasteiger partial charge in [-0.3, -0.25) is 4.68 Å². The molecule has 2 N–H and O–H groups in total. The minimum Gasteiger partial charge on any atom is -0.493 e. The summed E-state index contributed by atoms with van der Waals surface area (Å²) in [6, 6.07) is 20.8. The molecular weight excluding hydrogens is 574 g/mol. The fourth-order valence-corrected chi connectivity index (χ4v) is 6.96. The predicted octanol–water partition coefficient (Wildman–Crippen LogP) is 7.05. The molecule has 0 radical (unpaired) electrons. The molecule has 0 unspecified atom stereocenters. The Bertz CT molecular complexity index is 1780. The van der Waals surface area contributed by atoms with Gasteiger partial charge in [-0.2, -0.15) is 5.10 Å². The van der Waals surface area contributed by atoms with E-state index in [0.29, 0.717) is 31.9 Å². The zero-order chi connectivity index (χ0) is 31.9. The molecule has 0 saturated carbocycles. The highest BCUT2D eigenvalue weighted by atomic mass is 16.5. The lowest BCUT2D eigenvalue weighted by molar-refractivity contribution is 0.0519. The number of aromatic nitrogens is 3. The quantitative estimate of drug-likeness (QED) is 0.102. The number of H-pyrrole nitrogens is 1. The number of piperidine rings is 1. The first-order valence-corrected chi connectivity index (χ1v) is 17.0. The molecular formula is C38H47N5O3. The van der Waals surface area contributed by atoms with Gasteiger partial charge >= 0.3 is 5.97 Å². The number of hydrogen-bond donors (Lipinski definition) is 2. The normalized spacial score (nSPS) is 13.9. The Labute approximate surface area is 272 Å². The van der Waals surface area contributed by atoms with Crippen LogP contribution >= 0.6 is 0 Å². The third-order valence-electron chi connectivity index (χ3n) is 9.19. The number of aryl methyl sites for hydroxylation is 2. The summed E-state index contributed by atoms with van der Waals surface area (Å²) in [6.07, 6.45) is 6.25. The summed E-state index contributed by atoms with van der Waals surface area (Å²) < 4.78 is 13.8. The van der Waals surface area contributed by atoms with Crippen molar-refractivity contribution in [3.8, 4) is 16.9 Å². The number of aromatic amines is 1. The van der Waals surface area contributed by atoms with Gasteiger partial charge < -0.3 is 24.7 Å². The maximum absolute atomic E-state index is 13.3. The van der Waals surface area contributed by atoms with Gasteiger partial charge in [0.1, 0.15) is 11.4 Å². The molecule has 8 heteroatoms. The Morgan fingerprint density at radius 2 is 1.76 bits per heavy atom. The van der Waals surface area contributed by atoms with E-state index in [4.69, 9.17) is 14.6 Å². The minimum absolute atomic E-state index is 0.320. The van der Waals surface area contributed by atoms with Crippen molar-refractivity contribution in [2.45, 2.75) is 58.9 Å². The standard InChI is InChI=1S/C38H47N5O3/c1-4-33-35(32(41-42(33)3)26-39-21-24-43-22-9-6-10-23-43)31-18-12-17-29-30(37(40-36(29)31)38(44)45-5-2)19-13-25-46-34-20-11-15-27-14-7-8-16-28(27)34/h7-8,11-12,14-18,20,39-40H,4-6,9-10,13,19,21-26H2,1-3H3. The van der Waals surface area contributed by atoms with Gasteiger partial charge in [0.05, 0.1) is 24.4 Å². The van der Waals surface area contributed by atoms with Crippen LogP contribution in [0.5, 0.6) is 5.75 Å². The second kappa shape index (κ2) is 15.0. The molecule has 46 heavy (non-hydrogen) atoms. The van der Waals surface area contributed by atoms with Crippen molar-refractivity contribution in [1.82, 2.24) is 25.0 Å². The lowest BCUT2D eigenvalue weighted by Gasteiger charge is -2.26. The number of para-hydroxylation sites is 1. The van der Waals surface area contributed by atoms with Gasteiger partial charge in [-0.1, -0.05) is 67.9 Å². The van der Waals surface area contributed by atoms with E-state index in [1.165, 1.54) is 38.0 Å². The Morgan fingerprint density at radius 1 is 0.978 bits per heavy atom. The SMILES string of the molecule is CCOC(=O)c1[nH]c2c(-c3c(CNCCN4CCCCC4)nn(C)c3CC)cccc2c1CCCOc1cccc2ccccc12. The Morgan fingerprint density at radius 3 is 2.59 bits per heavy atom. The number of nitrogens with zero attached hydrogens (tertiary/aromatic N) is 3. The molecule has 3 aromatic carbocycles. The van der Waals surface area contributed by atoms with E-state index in [1.807, 2.05) is 42.9 Å². The van der Waals surface area contributed by atoms with E-state index in [9.17, 15) is 4.79 Å². The van der Waals surface area contributed by atoms with Crippen LogP contribution in [0.2, 0.25) is 0 Å². The fourth-order valence-electron chi connectivity index (χ4n) is 6.96. The molecule has 1 fully saturated rings. The smallest absolute Gasteiger partial charge is 0.355 e. The summed E-state index contributed by atoms with van der Waals surface area (Å²) in [4.78, 5) is 19.3. The number of rotatable bonds is 14. The lowest BCUT2D eigenvalue weighted by atomic mass is 9.97. The van der Waals surface area contributed by atoms with E-state index < -0.39 is 0 Å². The second-order valence-corrected chi connectivity index (χ2v) is 12.2. The van der Waals surface area contributed by atoms with Crippen LogP contribution in [-0.2, 0) is 31.2 Å². The zero-order valence-corrected chi connectivity index (χ0v) is 27.5. The van der Waals surface area contributed by atoms with Crippen molar-refractivity contribution >= 4 is 27.6 Å². The van der Waals surface area contributed by atoms with Crippen LogP contribution < -0.4 is 10.1 Å². The van der Waals surface area contributed by atoms with E-state index in [2.05, 4.69) is 58.5 Å². The van der Waals surface area contributed by atoms with Crippen LogP contribution in [0.4, 0.5) is 0 Å². The molecule has 0 amide bonds. The third kappa shape index (κ3) is 6.83. The van der Waals surface area contributed by atoms with Crippen LogP contribution in [0.15, 0.2) is 60.7 Å². The highest BCUT2D eigenvalue weighted by molar-refractivity contribution is 6.04. The average Bonchev–Trinajstić information content (AvgIpc) is 3.62. The number of nitrogens with one attached hydrogen (secondary N) is 2. The Kier molecular flexibility index (Phi) is 10.4. The fraction of sp³-hybridized carbons (Fsp3) is 0.421. The monoisotopic (exact) mass is 621 g/mol. The van der Waals surface area contributed by atoms with Crippen molar-refractivity contribution in [3.05, 3.63) is 83.3 Å². The topological polar surface area (TPSA) is 84.4 Å².